The van der Waals surface area contributed by atoms with Crippen LogP contribution in [-0.2, 0) is 0 Å². The lowest BCUT2D eigenvalue weighted by Gasteiger charge is -2.16. The molecule has 0 amide bonds. The van der Waals surface area contributed by atoms with Crippen LogP contribution in [0.2, 0.25) is 0 Å². The van der Waals surface area contributed by atoms with Gasteiger partial charge in [0, 0.05) is 3.57 Å². The van der Waals surface area contributed by atoms with Crippen molar-refractivity contribution in [2.45, 2.75) is 25.6 Å². The van der Waals surface area contributed by atoms with E-state index in [0.717, 1.165) is 9.13 Å². The van der Waals surface area contributed by atoms with E-state index in [1.807, 2.05) is 31.2 Å². The van der Waals surface area contributed by atoms with Crippen molar-refractivity contribution in [3.05, 3.63) is 33.4 Å². The Bertz CT molecular complexity index is 275. The van der Waals surface area contributed by atoms with Gasteiger partial charge in [-0.1, -0.05) is 19.1 Å². The van der Waals surface area contributed by atoms with E-state index < -0.39 is 12.2 Å². The van der Waals surface area contributed by atoms with E-state index >= 15 is 0 Å². The topological polar surface area (TPSA) is 40.5 Å². The quantitative estimate of drug-likeness (QED) is 0.838. The van der Waals surface area contributed by atoms with Crippen molar-refractivity contribution in [2.24, 2.45) is 0 Å². The second-order valence-electron chi connectivity index (χ2n) is 2.98. The van der Waals surface area contributed by atoms with E-state index in [1.165, 1.54) is 0 Å². The van der Waals surface area contributed by atoms with Crippen molar-refractivity contribution >= 4 is 22.6 Å². The van der Waals surface area contributed by atoms with E-state index in [4.69, 9.17) is 0 Å². The van der Waals surface area contributed by atoms with Gasteiger partial charge in [0.15, 0.2) is 0 Å². The fourth-order valence-electron chi connectivity index (χ4n) is 1.14. The second-order valence-corrected chi connectivity index (χ2v) is 4.22. The maximum absolute atomic E-state index is 9.66. The maximum atomic E-state index is 9.66. The Kier molecular flexibility index (Phi) is 4.15. The van der Waals surface area contributed by atoms with Gasteiger partial charge in [0.25, 0.3) is 0 Å². The summed E-state index contributed by atoms with van der Waals surface area (Å²) in [6.07, 6.45) is -0.870. The average molecular weight is 292 g/mol. The molecular weight excluding hydrogens is 279 g/mol. The first kappa shape index (κ1) is 10.9. The van der Waals surface area contributed by atoms with Crippen LogP contribution in [0.3, 0.4) is 0 Å². The lowest BCUT2D eigenvalue weighted by Crippen LogP contribution is -2.16. The van der Waals surface area contributed by atoms with Crippen molar-refractivity contribution in [1.29, 1.82) is 0 Å². The monoisotopic (exact) mass is 292 g/mol. The van der Waals surface area contributed by atoms with Crippen LogP contribution in [0.5, 0.6) is 0 Å². The van der Waals surface area contributed by atoms with Crippen LogP contribution in [0.1, 0.15) is 25.0 Å². The van der Waals surface area contributed by atoms with Gasteiger partial charge in [0.1, 0.15) is 6.10 Å². The van der Waals surface area contributed by atoms with E-state index in [0.29, 0.717) is 6.42 Å². The summed E-state index contributed by atoms with van der Waals surface area (Å²) in [6.45, 7) is 1.85. The van der Waals surface area contributed by atoms with Crippen LogP contribution in [0.4, 0.5) is 0 Å². The van der Waals surface area contributed by atoms with Gasteiger partial charge in [-0.05, 0) is 46.7 Å². The highest BCUT2D eigenvalue weighted by Crippen LogP contribution is 2.20. The highest BCUT2D eigenvalue weighted by molar-refractivity contribution is 14.1. The Morgan fingerprint density at radius 1 is 1.38 bits per heavy atom. The Balaban J connectivity index is 2.82. The summed E-state index contributed by atoms with van der Waals surface area (Å²) in [6, 6.07) is 7.54. The van der Waals surface area contributed by atoms with Crippen LogP contribution in [0.25, 0.3) is 0 Å². The minimum absolute atomic E-state index is 0.562. The van der Waals surface area contributed by atoms with E-state index in [1.54, 1.807) is 0 Å². The van der Waals surface area contributed by atoms with E-state index in [9.17, 15) is 10.2 Å². The Morgan fingerprint density at radius 2 is 2.08 bits per heavy atom. The van der Waals surface area contributed by atoms with Gasteiger partial charge in [-0.2, -0.15) is 0 Å². The molecule has 0 fully saturated rings. The summed E-state index contributed by atoms with van der Waals surface area (Å²) in [5, 5.41) is 19.1. The van der Waals surface area contributed by atoms with Gasteiger partial charge in [-0.3, -0.25) is 0 Å². The van der Waals surface area contributed by atoms with Crippen molar-refractivity contribution in [2.75, 3.05) is 0 Å². The molecule has 0 bridgehead atoms. The Labute approximate surface area is 91.7 Å². The molecule has 13 heavy (non-hydrogen) atoms. The number of aliphatic hydroxyl groups is 2. The standard InChI is InChI=1S/C10H13IO2/c1-2-9(12)10(13)7-4-3-5-8(11)6-7/h3-6,9-10,12-13H,2H2,1H3/t9-,10-/m0/s1. The molecule has 0 aliphatic carbocycles. The molecule has 0 aliphatic heterocycles. The van der Waals surface area contributed by atoms with Gasteiger partial charge in [-0.25, -0.2) is 0 Å². The van der Waals surface area contributed by atoms with Crippen molar-refractivity contribution in [3.8, 4) is 0 Å². The van der Waals surface area contributed by atoms with Gasteiger partial charge >= 0.3 is 0 Å². The van der Waals surface area contributed by atoms with Crippen molar-refractivity contribution in [3.63, 3.8) is 0 Å². The maximum Gasteiger partial charge on any atom is 0.105 e. The Hall–Kier alpha value is -0.130. The zero-order valence-electron chi connectivity index (χ0n) is 7.44. The summed E-state index contributed by atoms with van der Waals surface area (Å²) < 4.78 is 1.07. The first-order valence-corrected chi connectivity index (χ1v) is 5.34. The van der Waals surface area contributed by atoms with Gasteiger partial charge in [0.05, 0.1) is 6.10 Å². The molecule has 0 radical (unpaired) electrons. The molecule has 2 N–H and O–H groups in total. The highest BCUT2D eigenvalue weighted by atomic mass is 127. The molecule has 0 aromatic heterocycles. The molecule has 1 rings (SSSR count). The first-order valence-electron chi connectivity index (χ1n) is 4.26. The molecule has 0 spiro atoms. The third-order valence-corrected chi connectivity index (χ3v) is 2.64. The second kappa shape index (κ2) is 4.93. The van der Waals surface area contributed by atoms with Crippen molar-refractivity contribution < 1.29 is 10.2 Å². The number of rotatable bonds is 3. The third kappa shape index (κ3) is 2.93. The van der Waals surface area contributed by atoms with E-state index in [2.05, 4.69) is 22.6 Å². The smallest absolute Gasteiger partial charge is 0.105 e. The molecule has 2 atom stereocenters. The van der Waals surface area contributed by atoms with Gasteiger partial charge in [-0.15, -0.1) is 0 Å². The summed E-state index contributed by atoms with van der Waals surface area (Å²) in [5.41, 5.74) is 0.779. The molecule has 0 saturated carbocycles. The molecular formula is C10H13IO2. The molecule has 0 unspecified atom stereocenters. The molecule has 72 valence electrons. The van der Waals surface area contributed by atoms with Crippen LogP contribution >= 0.6 is 22.6 Å². The minimum atomic E-state index is -0.764. The van der Waals surface area contributed by atoms with Crippen LogP contribution in [-0.4, -0.2) is 16.3 Å². The predicted octanol–water partition coefficient (Wildman–Crippen LogP) is 2.10. The number of benzene rings is 1. The zero-order valence-corrected chi connectivity index (χ0v) is 9.60. The summed E-state index contributed by atoms with van der Waals surface area (Å²) in [5.74, 6) is 0. The lowest BCUT2D eigenvalue weighted by molar-refractivity contribution is 0.0164. The predicted molar refractivity (Wildman–Crippen MR) is 60.4 cm³/mol. The molecule has 0 saturated heterocycles. The largest absolute Gasteiger partial charge is 0.390 e. The molecule has 2 nitrogen and oxygen atoms in total. The SMILES string of the molecule is CC[C@H](O)[C@@H](O)c1cccc(I)c1. The number of hydrogen-bond acceptors (Lipinski definition) is 2. The normalized spacial score (nSPS) is 15.4. The minimum Gasteiger partial charge on any atom is -0.390 e. The number of aliphatic hydroxyl groups excluding tert-OH is 2. The number of hydrogen-bond donors (Lipinski definition) is 2. The molecule has 0 heterocycles. The molecule has 0 aliphatic rings. The van der Waals surface area contributed by atoms with Gasteiger partial charge in [0.2, 0.25) is 0 Å². The lowest BCUT2D eigenvalue weighted by atomic mass is 10.0. The van der Waals surface area contributed by atoms with Crippen molar-refractivity contribution in [1.82, 2.24) is 0 Å². The average Bonchev–Trinajstić information content (AvgIpc) is 2.15. The third-order valence-electron chi connectivity index (χ3n) is 1.97. The fraction of sp³-hybridized carbons (Fsp3) is 0.400. The van der Waals surface area contributed by atoms with E-state index in [-0.39, 0.29) is 0 Å². The van der Waals surface area contributed by atoms with Crippen LogP contribution in [0, 0.1) is 3.57 Å². The summed E-state index contributed by atoms with van der Waals surface area (Å²) in [7, 11) is 0. The van der Waals surface area contributed by atoms with Crippen LogP contribution < -0.4 is 0 Å². The van der Waals surface area contributed by atoms with Crippen LogP contribution in [0.15, 0.2) is 24.3 Å². The summed E-state index contributed by atoms with van der Waals surface area (Å²) >= 11 is 2.18. The molecule has 1 aromatic carbocycles. The number of halogens is 1. The Morgan fingerprint density at radius 3 is 2.62 bits per heavy atom. The first-order chi connectivity index (χ1) is 6.15. The van der Waals surface area contributed by atoms with Gasteiger partial charge < -0.3 is 10.2 Å². The fourth-order valence-corrected chi connectivity index (χ4v) is 1.70. The molecule has 1 aromatic rings. The zero-order chi connectivity index (χ0) is 9.84. The summed E-state index contributed by atoms with van der Waals surface area (Å²) in [4.78, 5) is 0. The molecule has 3 heteroatoms. The highest BCUT2D eigenvalue weighted by Gasteiger charge is 2.15.